The molecule has 0 radical (unpaired) electrons. The maximum atomic E-state index is 12.0. The fourth-order valence-corrected chi connectivity index (χ4v) is 3.58. The van der Waals surface area contributed by atoms with Gasteiger partial charge >= 0.3 is 0 Å². The van der Waals surface area contributed by atoms with E-state index in [1.165, 1.54) is 18.2 Å². The number of carbonyl (C=O) groups is 1. The van der Waals surface area contributed by atoms with E-state index >= 15 is 0 Å². The zero-order valence-electron chi connectivity index (χ0n) is 10.9. The predicted octanol–water partition coefficient (Wildman–Crippen LogP) is 2.50. The summed E-state index contributed by atoms with van der Waals surface area (Å²) in [6, 6.07) is 4.20. The number of carbonyl (C=O) groups excluding carboxylic acids is 1. The summed E-state index contributed by atoms with van der Waals surface area (Å²) in [4.78, 5) is 12.0. The fourth-order valence-electron chi connectivity index (χ4n) is 2.43. The quantitative estimate of drug-likeness (QED) is 0.793. The first kappa shape index (κ1) is 14.1. The van der Waals surface area contributed by atoms with Crippen LogP contribution in [0.15, 0.2) is 18.2 Å². The molecule has 1 aromatic rings. The maximum Gasteiger partial charge on any atom is 0.255 e. The number of hydrogen-bond donors (Lipinski definition) is 3. The number of aromatic hydroxyl groups is 2. The summed E-state index contributed by atoms with van der Waals surface area (Å²) in [6.07, 6.45) is 3.11. The van der Waals surface area contributed by atoms with Crippen molar-refractivity contribution in [3.8, 4) is 11.5 Å². The lowest BCUT2D eigenvalue weighted by Gasteiger charge is -2.13. The van der Waals surface area contributed by atoms with Crippen LogP contribution in [-0.4, -0.2) is 33.2 Å². The maximum absolute atomic E-state index is 12.0. The van der Waals surface area contributed by atoms with Gasteiger partial charge in [-0.05, 0) is 37.1 Å². The highest BCUT2D eigenvalue weighted by Gasteiger charge is 2.26. The summed E-state index contributed by atoms with van der Waals surface area (Å²) in [7, 11) is 0. The van der Waals surface area contributed by atoms with E-state index in [9.17, 15) is 15.0 Å². The van der Waals surface area contributed by atoms with Crippen LogP contribution in [0.25, 0.3) is 0 Å². The van der Waals surface area contributed by atoms with Crippen molar-refractivity contribution in [2.45, 2.75) is 37.5 Å². The summed E-state index contributed by atoms with van der Waals surface area (Å²) >= 11 is 1.94. The summed E-state index contributed by atoms with van der Waals surface area (Å²) in [6.45, 7) is 2.14. The van der Waals surface area contributed by atoms with Gasteiger partial charge in [0.2, 0.25) is 0 Å². The molecule has 5 heteroatoms. The minimum atomic E-state index is -0.273. The van der Waals surface area contributed by atoms with Gasteiger partial charge in [0, 0.05) is 17.4 Å². The van der Waals surface area contributed by atoms with Gasteiger partial charge in [-0.3, -0.25) is 4.79 Å². The van der Waals surface area contributed by atoms with E-state index in [1.807, 2.05) is 11.8 Å². The van der Waals surface area contributed by atoms with E-state index in [4.69, 9.17) is 0 Å². The topological polar surface area (TPSA) is 69.6 Å². The van der Waals surface area contributed by atoms with Crippen molar-refractivity contribution in [2.24, 2.45) is 0 Å². The first-order chi connectivity index (χ1) is 9.10. The van der Waals surface area contributed by atoms with Crippen molar-refractivity contribution in [2.75, 3.05) is 5.75 Å². The Morgan fingerprint density at radius 2 is 2.21 bits per heavy atom. The fraction of sp³-hybridized carbons (Fsp3) is 0.500. The van der Waals surface area contributed by atoms with Crippen molar-refractivity contribution in [3.63, 3.8) is 0 Å². The molecule has 0 saturated heterocycles. The zero-order valence-corrected chi connectivity index (χ0v) is 11.7. The highest BCUT2D eigenvalue weighted by Crippen LogP contribution is 2.30. The number of phenols is 2. The molecule has 1 saturated carbocycles. The third-order valence-electron chi connectivity index (χ3n) is 3.35. The van der Waals surface area contributed by atoms with Crippen molar-refractivity contribution < 1.29 is 15.0 Å². The lowest BCUT2D eigenvalue weighted by atomic mass is 10.1. The Hall–Kier alpha value is -1.36. The molecule has 0 bridgehead atoms. The van der Waals surface area contributed by atoms with Crippen LogP contribution < -0.4 is 5.32 Å². The average Bonchev–Trinajstić information content (AvgIpc) is 2.76. The van der Waals surface area contributed by atoms with Crippen LogP contribution in [0.5, 0.6) is 11.5 Å². The molecule has 1 aliphatic rings. The SMILES string of the molecule is CCSC1CCC(NC(=O)c2ccc(O)cc2O)C1. The Morgan fingerprint density at radius 1 is 1.42 bits per heavy atom. The highest BCUT2D eigenvalue weighted by molar-refractivity contribution is 7.99. The standard InChI is InChI=1S/C14H19NO3S/c1-2-19-11-5-3-9(7-11)15-14(18)12-6-4-10(16)8-13(12)17/h4,6,8-9,11,16-17H,2-3,5,7H2,1H3,(H,15,18). The first-order valence-electron chi connectivity index (χ1n) is 6.54. The molecular weight excluding hydrogens is 262 g/mol. The van der Waals surface area contributed by atoms with Crippen LogP contribution >= 0.6 is 11.8 Å². The van der Waals surface area contributed by atoms with Gasteiger partial charge in [0.05, 0.1) is 5.56 Å². The molecule has 104 valence electrons. The second-order valence-corrected chi connectivity index (χ2v) is 6.34. The van der Waals surface area contributed by atoms with Gasteiger partial charge in [0.15, 0.2) is 0 Å². The van der Waals surface area contributed by atoms with E-state index in [1.54, 1.807) is 0 Å². The van der Waals surface area contributed by atoms with Crippen LogP contribution in [0.4, 0.5) is 0 Å². The molecule has 0 aliphatic heterocycles. The molecule has 1 fully saturated rings. The Bertz CT molecular complexity index is 464. The monoisotopic (exact) mass is 281 g/mol. The van der Waals surface area contributed by atoms with E-state index in [0.29, 0.717) is 5.25 Å². The molecular formula is C14H19NO3S. The van der Waals surface area contributed by atoms with E-state index in [-0.39, 0.29) is 29.0 Å². The molecule has 0 heterocycles. The number of rotatable bonds is 4. The Labute approximate surface area is 117 Å². The number of nitrogens with one attached hydrogen (secondary N) is 1. The van der Waals surface area contributed by atoms with Crippen molar-refractivity contribution in [1.82, 2.24) is 5.32 Å². The summed E-state index contributed by atoms with van der Waals surface area (Å²) in [5, 5.41) is 22.4. The van der Waals surface area contributed by atoms with Crippen molar-refractivity contribution >= 4 is 17.7 Å². The third kappa shape index (κ3) is 3.56. The molecule has 2 unspecified atom stereocenters. The van der Waals surface area contributed by atoms with Gasteiger partial charge < -0.3 is 15.5 Å². The number of amides is 1. The third-order valence-corrected chi connectivity index (χ3v) is 4.58. The Balaban J connectivity index is 1.94. The molecule has 1 aromatic carbocycles. The lowest BCUT2D eigenvalue weighted by molar-refractivity contribution is 0.0935. The molecule has 19 heavy (non-hydrogen) atoms. The first-order valence-corrected chi connectivity index (χ1v) is 7.59. The summed E-state index contributed by atoms with van der Waals surface area (Å²) in [5.74, 6) is 0.596. The Kier molecular flexibility index (Phi) is 4.58. The van der Waals surface area contributed by atoms with Crippen LogP contribution in [0.1, 0.15) is 36.5 Å². The Morgan fingerprint density at radius 3 is 2.89 bits per heavy atom. The minimum absolute atomic E-state index is 0.0469. The second-order valence-electron chi connectivity index (χ2n) is 4.76. The number of hydrogen-bond acceptors (Lipinski definition) is 4. The molecule has 4 nitrogen and oxygen atoms in total. The van der Waals surface area contributed by atoms with Crippen LogP contribution in [-0.2, 0) is 0 Å². The molecule has 1 aliphatic carbocycles. The van der Waals surface area contributed by atoms with Crippen molar-refractivity contribution in [1.29, 1.82) is 0 Å². The van der Waals surface area contributed by atoms with E-state index < -0.39 is 0 Å². The zero-order chi connectivity index (χ0) is 13.8. The normalized spacial score (nSPS) is 22.4. The van der Waals surface area contributed by atoms with Crippen molar-refractivity contribution in [3.05, 3.63) is 23.8 Å². The number of phenolic OH excluding ortho intramolecular Hbond substituents is 2. The van der Waals surface area contributed by atoms with Crippen LogP contribution in [0, 0.1) is 0 Å². The predicted molar refractivity (Wildman–Crippen MR) is 76.8 cm³/mol. The van der Waals surface area contributed by atoms with Gasteiger partial charge in [-0.1, -0.05) is 6.92 Å². The largest absolute Gasteiger partial charge is 0.508 e. The van der Waals surface area contributed by atoms with Gasteiger partial charge in [-0.25, -0.2) is 0 Å². The molecule has 2 rings (SSSR count). The minimum Gasteiger partial charge on any atom is -0.508 e. The highest BCUT2D eigenvalue weighted by atomic mass is 32.2. The lowest BCUT2D eigenvalue weighted by Crippen LogP contribution is -2.33. The van der Waals surface area contributed by atoms with Crippen LogP contribution in [0.2, 0.25) is 0 Å². The van der Waals surface area contributed by atoms with Gasteiger partial charge in [0.1, 0.15) is 11.5 Å². The molecule has 3 N–H and O–H groups in total. The summed E-state index contributed by atoms with van der Waals surface area (Å²) < 4.78 is 0. The molecule has 2 atom stereocenters. The smallest absolute Gasteiger partial charge is 0.255 e. The molecule has 0 spiro atoms. The van der Waals surface area contributed by atoms with Gasteiger partial charge in [-0.2, -0.15) is 11.8 Å². The summed E-state index contributed by atoms with van der Waals surface area (Å²) in [5.41, 5.74) is 0.212. The van der Waals surface area contributed by atoms with Gasteiger partial charge in [-0.15, -0.1) is 0 Å². The average molecular weight is 281 g/mol. The van der Waals surface area contributed by atoms with E-state index in [2.05, 4.69) is 12.2 Å². The molecule has 1 amide bonds. The molecule has 0 aromatic heterocycles. The van der Waals surface area contributed by atoms with Gasteiger partial charge in [0.25, 0.3) is 5.91 Å². The van der Waals surface area contributed by atoms with E-state index in [0.717, 1.165) is 25.0 Å². The number of benzene rings is 1. The second kappa shape index (κ2) is 6.19. The number of thioether (sulfide) groups is 1. The van der Waals surface area contributed by atoms with Crippen LogP contribution in [0.3, 0.4) is 0 Å².